The largest absolute Gasteiger partial charge is 0.462 e. The number of carbonyl (C=O) groups excluding carboxylic acids is 3. The molecule has 0 bridgehead atoms. The van der Waals surface area contributed by atoms with Crippen LogP contribution in [0.5, 0.6) is 0 Å². The van der Waals surface area contributed by atoms with Gasteiger partial charge in [0.25, 0.3) is 5.56 Å². The first-order valence-electron chi connectivity index (χ1n) is 9.30. The number of ketones is 1. The van der Waals surface area contributed by atoms with Crippen LogP contribution in [0, 0.1) is 6.92 Å². The maximum Gasteiger partial charge on any atom is 0.341 e. The van der Waals surface area contributed by atoms with Gasteiger partial charge in [-0.3, -0.25) is 14.4 Å². The fourth-order valence-electron chi connectivity index (χ4n) is 3.22. The minimum Gasteiger partial charge on any atom is -0.462 e. The summed E-state index contributed by atoms with van der Waals surface area (Å²) in [6.07, 6.45) is -0.108. The van der Waals surface area contributed by atoms with E-state index in [0.717, 1.165) is 11.3 Å². The van der Waals surface area contributed by atoms with Crippen LogP contribution in [0.2, 0.25) is 0 Å². The number of hydrogen-bond acceptors (Lipinski definition) is 7. The molecule has 0 atom stereocenters. The second-order valence-corrected chi connectivity index (χ2v) is 7.70. The first-order valence-corrected chi connectivity index (χ1v) is 10.1. The third-order valence-electron chi connectivity index (χ3n) is 4.56. The number of aromatic nitrogens is 2. The Morgan fingerprint density at radius 1 is 1.20 bits per heavy atom. The van der Waals surface area contributed by atoms with Gasteiger partial charge in [0.05, 0.1) is 34.5 Å². The Balaban J connectivity index is 1.96. The average molecular weight is 427 g/mol. The number of ether oxygens (including phenoxy) is 1. The summed E-state index contributed by atoms with van der Waals surface area (Å²) in [5.41, 5.74) is 0.841. The lowest BCUT2D eigenvalue weighted by Crippen LogP contribution is -2.24. The Bertz CT molecular complexity index is 1230. The monoisotopic (exact) mass is 427 g/mol. The van der Waals surface area contributed by atoms with Crippen LogP contribution in [0.4, 0.5) is 5.00 Å². The van der Waals surface area contributed by atoms with E-state index < -0.39 is 11.9 Å². The van der Waals surface area contributed by atoms with Crippen molar-refractivity contribution in [2.75, 3.05) is 11.9 Å². The lowest BCUT2D eigenvalue weighted by atomic mass is 10.1. The first kappa shape index (κ1) is 21.4. The van der Waals surface area contributed by atoms with Crippen LogP contribution in [0.1, 0.15) is 45.1 Å². The van der Waals surface area contributed by atoms with E-state index in [4.69, 9.17) is 4.74 Å². The second-order valence-electron chi connectivity index (χ2n) is 6.68. The normalized spacial score (nSPS) is 10.8. The number of benzene rings is 1. The minimum atomic E-state index is -0.597. The zero-order chi connectivity index (χ0) is 22.0. The molecule has 1 amide bonds. The van der Waals surface area contributed by atoms with Crippen LogP contribution >= 0.6 is 11.3 Å². The molecule has 30 heavy (non-hydrogen) atoms. The Labute approximate surface area is 176 Å². The van der Waals surface area contributed by atoms with Crippen LogP contribution in [-0.2, 0) is 23.0 Å². The molecule has 0 radical (unpaired) electrons. The number of carbonyl (C=O) groups is 3. The van der Waals surface area contributed by atoms with Crippen LogP contribution in [-0.4, -0.2) is 34.0 Å². The van der Waals surface area contributed by atoms with Crippen LogP contribution in [0.3, 0.4) is 0 Å². The highest BCUT2D eigenvalue weighted by atomic mass is 32.1. The molecule has 3 rings (SSSR count). The molecule has 0 fully saturated rings. The average Bonchev–Trinajstić information content (AvgIpc) is 3.02. The number of hydrogen-bond donors (Lipinski definition) is 1. The van der Waals surface area contributed by atoms with Gasteiger partial charge in [-0.05, 0) is 32.4 Å². The third kappa shape index (κ3) is 4.02. The van der Waals surface area contributed by atoms with Gasteiger partial charge in [-0.15, -0.1) is 11.3 Å². The maximum atomic E-state index is 12.8. The van der Waals surface area contributed by atoms with Crippen LogP contribution in [0.25, 0.3) is 10.8 Å². The van der Waals surface area contributed by atoms with Gasteiger partial charge in [-0.2, -0.15) is 5.10 Å². The summed E-state index contributed by atoms with van der Waals surface area (Å²) in [4.78, 5) is 49.7. The molecule has 2 heterocycles. The first-order chi connectivity index (χ1) is 14.2. The summed E-state index contributed by atoms with van der Waals surface area (Å²) in [7, 11) is 1.52. The minimum absolute atomic E-state index is 0.108. The SMILES string of the molecule is CCOC(=O)c1c(NC(=O)Cc2nn(C)c(=O)c3ccccc23)sc(C(C)=O)c1C. The molecule has 1 N–H and O–H groups in total. The predicted octanol–water partition coefficient (Wildman–Crippen LogP) is 2.86. The van der Waals surface area contributed by atoms with Crippen molar-refractivity contribution in [1.29, 1.82) is 0 Å². The van der Waals surface area contributed by atoms with Gasteiger partial charge in [0.1, 0.15) is 5.00 Å². The van der Waals surface area contributed by atoms with Gasteiger partial charge in [-0.25, -0.2) is 9.48 Å². The van der Waals surface area contributed by atoms with Gasteiger partial charge in [0.15, 0.2) is 5.78 Å². The summed E-state index contributed by atoms with van der Waals surface area (Å²) < 4.78 is 6.28. The predicted molar refractivity (Wildman–Crippen MR) is 114 cm³/mol. The summed E-state index contributed by atoms with van der Waals surface area (Å²) in [6.45, 7) is 4.90. The number of thiophene rings is 1. The van der Waals surface area contributed by atoms with E-state index in [1.54, 1.807) is 38.1 Å². The number of fused-ring (bicyclic) bond motifs is 1. The number of anilines is 1. The van der Waals surface area contributed by atoms with E-state index in [9.17, 15) is 19.2 Å². The molecule has 2 aromatic heterocycles. The second kappa shape index (κ2) is 8.58. The molecule has 8 nitrogen and oxygen atoms in total. The highest BCUT2D eigenvalue weighted by Crippen LogP contribution is 2.34. The Morgan fingerprint density at radius 3 is 2.50 bits per heavy atom. The van der Waals surface area contributed by atoms with Crippen molar-refractivity contribution in [2.45, 2.75) is 27.2 Å². The zero-order valence-electron chi connectivity index (χ0n) is 17.1. The van der Waals surface area contributed by atoms with Crippen molar-refractivity contribution in [1.82, 2.24) is 9.78 Å². The van der Waals surface area contributed by atoms with Crippen molar-refractivity contribution in [3.05, 3.63) is 56.3 Å². The highest BCUT2D eigenvalue weighted by molar-refractivity contribution is 7.18. The van der Waals surface area contributed by atoms with E-state index in [0.29, 0.717) is 26.9 Å². The molecule has 0 aliphatic carbocycles. The molecule has 1 aromatic carbocycles. The van der Waals surface area contributed by atoms with Gasteiger partial charge in [-0.1, -0.05) is 18.2 Å². The van der Waals surface area contributed by atoms with Gasteiger partial charge in [0, 0.05) is 12.4 Å². The molecular weight excluding hydrogens is 406 g/mol. The Kier molecular flexibility index (Phi) is 6.12. The number of Topliss-reactive ketones (excluding diaryl/α,β-unsaturated/α-hetero) is 1. The molecule has 0 saturated carbocycles. The van der Waals surface area contributed by atoms with Crippen molar-refractivity contribution in [3.63, 3.8) is 0 Å². The van der Waals surface area contributed by atoms with E-state index >= 15 is 0 Å². The third-order valence-corrected chi connectivity index (χ3v) is 5.87. The summed E-state index contributed by atoms with van der Waals surface area (Å²) >= 11 is 1.04. The Hall–Kier alpha value is -3.33. The van der Waals surface area contributed by atoms with Gasteiger partial charge < -0.3 is 10.1 Å². The van der Waals surface area contributed by atoms with E-state index in [2.05, 4.69) is 10.4 Å². The summed E-state index contributed by atoms with van der Waals surface area (Å²) in [5.74, 6) is -1.22. The highest BCUT2D eigenvalue weighted by Gasteiger charge is 2.25. The number of nitrogens with zero attached hydrogens (tertiary/aromatic N) is 2. The molecule has 0 aliphatic rings. The standard InChI is InChI=1S/C21H21N3O5S/c1-5-29-21(28)17-11(2)18(12(3)25)30-19(17)22-16(26)10-15-13-8-6-7-9-14(13)20(27)24(4)23-15/h6-9H,5,10H2,1-4H3,(H,22,26). The van der Waals surface area contributed by atoms with Crippen LogP contribution < -0.4 is 10.9 Å². The molecule has 0 saturated heterocycles. The van der Waals surface area contributed by atoms with Gasteiger partial charge >= 0.3 is 5.97 Å². The number of nitrogens with one attached hydrogen (secondary N) is 1. The zero-order valence-corrected chi connectivity index (χ0v) is 17.9. The molecule has 156 valence electrons. The number of rotatable bonds is 6. The van der Waals surface area contributed by atoms with Gasteiger partial charge in [0.2, 0.25) is 5.91 Å². The molecule has 3 aromatic rings. The number of amides is 1. The van der Waals surface area contributed by atoms with Crippen LogP contribution in [0.15, 0.2) is 29.1 Å². The van der Waals surface area contributed by atoms with E-state index in [1.165, 1.54) is 18.7 Å². The fraction of sp³-hybridized carbons (Fsp3) is 0.286. The van der Waals surface area contributed by atoms with E-state index in [-0.39, 0.29) is 34.9 Å². The molecule has 0 unspecified atom stereocenters. The smallest absolute Gasteiger partial charge is 0.341 e. The van der Waals surface area contributed by atoms with Crippen molar-refractivity contribution in [3.8, 4) is 0 Å². The fourth-order valence-corrected chi connectivity index (χ4v) is 4.32. The lowest BCUT2D eigenvalue weighted by Gasteiger charge is -2.09. The Morgan fingerprint density at radius 2 is 1.87 bits per heavy atom. The summed E-state index contributed by atoms with van der Waals surface area (Å²) in [5, 5.41) is 8.25. The quantitative estimate of drug-likeness (QED) is 0.479. The lowest BCUT2D eigenvalue weighted by molar-refractivity contribution is -0.115. The van der Waals surface area contributed by atoms with Crippen molar-refractivity contribution in [2.24, 2.45) is 7.05 Å². The molecule has 9 heteroatoms. The van der Waals surface area contributed by atoms with E-state index in [1.807, 2.05) is 0 Å². The number of esters is 1. The summed E-state index contributed by atoms with van der Waals surface area (Å²) in [6, 6.07) is 6.93. The maximum absolute atomic E-state index is 12.8. The van der Waals surface area contributed by atoms with Crippen molar-refractivity contribution >= 4 is 44.8 Å². The molecule has 0 spiro atoms. The molecular formula is C21H21N3O5S. The topological polar surface area (TPSA) is 107 Å². The molecule has 0 aliphatic heterocycles. The number of aryl methyl sites for hydroxylation is 1. The van der Waals surface area contributed by atoms with Crippen molar-refractivity contribution < 1.29 is 19.1 Å².